The van der Waals surface area contributed by atoms with Crippen molar-refractivity contribution in [2.45, 2.75) is 97.3 Å². The summed E-state index contributed by atoms with van der Waals surface area (Å²) in [5.74, 6) is 0. The first-order valence-electron chi connectivity index (χ1n) is 11.0. The molecule has 0 atom stereocenters. The van der Waals surface area contributed by atoms with Crippen molar-refractivity contribution in [3.8, 4) is 0 Å². The Balaban J connectivity index is 2.93. The van der Waals surface area contributed by atoms with Gasteiger partial charge in [0.05, 0.1) is 0 Å². The molecule has 0 amide bonds. The topological polar surface area (TPSA) is 38.2 Å². The van der Waals surface area contributed by atoms with Crippen molar-refractivity contribution in [3.05, 3.63) is 0 Å². The van der Waals surface area contributed by atoms with Crippen LogP contribution < -0.4 is 16.0 Å². The molecule has 145 valence electrons. The van der Waals surface area contributed by atoms with Crippen molar-refractivity contribution >= 4 is 0 Å². The van der Waals surface area contributed by atoms with Crippen LogP contribution in [0.1, 0.15) is 97.3 Å². The lowest BCUT2D eigenvalue weighted by Crippen LogP contribution is -2.26. The molecule has 0 bridgehead atoms. The van der Waals surface area contributed by atoms with Crippen LogP contribution in [0.3, 0.4) is 0 Å². The SMILES string of the molecule is CCCCCCCCNCCC[N]CCNCCCCCCCC. The lowest BCUT2D eigenvalue weighted by atomic mass is 10.1. The summed E-state index contributed by atoms with van der Waals surface area (Å²) < 4.78 is 0. The van der Waals surface area contributed by atoms with Gasteiger partial charge in [0, 0.05) is 19.6 Å². The molecule has 0 rings (SSSR count). The van der Waals surface area contributed by atoms with Crippen LogP contribution in [0.4, 0.5) is 0 Å². The van der Waals surface area contributed by atoms with Crippen LogP contribution in [-0.2, 0) is 0 Å². The maximum atomic E-state index is 4.59. The summed E-state index contributed by atoms with van der Waals surface area (Å²) in [7, 11) is 0. The maximum absolute atomic E-state index is 4.59. The molecule has 3 nitrogen and oxygen atoms in total. The zero-order valence-corrected chi connectivity index (χ0v) is 16.9. The lowest BCUT2D eigenvalue weighted by Gasteiger charge is -2.06. The maximum Gasteiger partial charge on any atom is 0.0258 e. The van der Waals surface area contributed by atoms with Crippen LogP contribution in [0.15, 0.2) is 0 Å². The van der Waals surface area contributed by atoms with Crippen molar-refractivity contribution in [2.24, 2.45) is 0 Å². The quantitative estimate of drug-likeness (QED) is 0.292. The Kier molecular flexibility index (Phi) is 22.8. The smallest absolute Gasteiger partial charge is 0.0258 e. The Morgan fingerprint density at radius 3 is 1.50 bits per heavy atom. The molecule has 0 aromatic rings. The highest BCUT2D eigenvalue weighted by molar-refractivity contribution is 4.55. The summed E-state index contributed by atoms with van der Waals surface area (Å²) in [5, 5.41) is 11.6. The second kappa shape index (κ2) is 22.9. The average molecular weight is 341 g/mol. The fourth-order valence-corrected chi connectivity index (χ4v) is 2.90. The molecule has 24 heavy (non-hydrogen) atoms. The van der Waals surface area contributed by atoms with Crippen molar-refractivity contribution in [1.82, 2.24) is 16.0 Å². The Morgan fingerprint density at radius 1 is 0.458 bits per heavy atom. The van der Waals surface area contributed by atoms with Gasteiger partial charge in [-0.3, -0.25) is 0 Å². The standard InChI is InChI=1S/C21H46N3/c1-3-5-7-9-11-13-16-22-18-15-19-24-21-20-23-17-14-12-10-8-6-4-2/h22-23H,3-21H2,1-2H3. The third-order valence-corrected chi connectivity index (χ3v) is 4.53. The number of nitrogens with one attached hydrogen (secondary N) is 2. The average Bonchev–Trinajstić information content (AvgIpc) is 2.60. The predicted molar refractivity (Wildman–Crippen MR) is 109 cm³/mol. The molecule has 0 aromatic heterocycles. The third kappa shape index (κ3) is 21.9. The fraction of sp³-hybridized carbons (Fsp3) is 1.00. The van der Waals surface area contributed by atoms with E-state index in [0.717, 1.165) is 26.2 Å². The van der Waals surface area contributed by atoms with Gasteiger partial charge in [-0.15, -0.1) is 0 Å². The van der Waals surface area contributed by atoms with Gasteiger partial charge in [-0.25, -0.2) is 5.32 Å². The molecule has 1 radical (unpaired) electrons. The number of hydrogen-bond donors (Lipinski definition) is 2. The van der Waals surface area contributed by atoms with E-state index in [1.165, 1.54) is 96.6 Å². The molecular formula is C21H46N3. The Hall–Kier alpha value is -0.120. The van der Waals surface area contributed by atoms with Crippen LogP contribution in [0.25, 0.3) is 0 Å². The van der Waals surface area contributed by atoms with Gasteiger partial charge < -0.3 is 10.6 Å². The molecular weight excluding hydrogens is 294 g/mol. The van der Waals surface area contributed by atoms with Crippen LogP contribution in [-0.4, -0.2) is 39.3 Å². The van der Waals surface area contributed by atoms with Gasteiger partial charge in [-0.1, -0.05) is 78.1 Å². The molecule has 0 saturated carbocycles. The van der Waals surface area contributed by atoms with Crippen molar-refractivity contribution in [3.63, 3.8) is 0 Å². The molecule has 0 aliphatic rings. The van der Waals surface area contributed by atoms with Crippen molar-refractivity contribution in [1.29, 1.82) is 0 Å². The minimum atomic E-state index is 0.979. The van der Waals surface area contributed by atoms with E-state index in [1.807, 2.05) is 0 Å². The molecule has 0 unspecified atom stereocenters. The third-order valence-electron chi connectivity index (χ3n) is 4.53. The molecule has 0 fully saturated rings. The van der Waals surface area contributed by atoms with Gasteiger partial charge >= 0.3 is 0 Å². The van der Waals surface area contributed by atoms with E-state index in [2.05, 4.69) is 29.8 Å². The molecule has 0 aliphatic heterocycles. The Bertz CT molecular complexity index is 187. The second-order valence-corrected chi connectivity index (χ2v) is 7.06. The molecule has 0 spiro atoms. The van der Waals surface area contributed by atoms with Gasteiger partial charge in [-0.2, -0.15) is 0 Å². The highest BCUT2D eigenvalue weighted by Crippen LogP contribution is 2.04. The zero-order valence-electron chi connectivity index (χ0n) is 16.9. The summed E-state index contributed by atoms with van der Waals surface area (Å²) in [4.78, 5) is 0. The van der Waals surface area contributed by atoms with Gasteiger partial charge in [-0.05, 0) is 38.9 Å². The first kappa shape index (κ1) is 23.9. The molecule has 0 aromatic carbocycles. The molecule has 0 aliphatic carbocycles. The van der Waals surface area contributed by atoms with Crippen molar-refractivity contribution in [2.75, 3.05) is 39.3 Å². The number of unbranched alkanes of at least 4 members (excludes halogenated alkanes) is 10. The van der Waals surface area contributed by atoms with E-state index >= 15 is 0 Å². The van der Waals surface area contributed by atoms with Gasteiger partial charge in [0.1, 0.15) is 0 Å². The normalized spacial score (nSPS) is 11.2. The highest BCUT2D eigenvalue weighted by Gasteiger charge is 1.93. The highest BCUT2D eigenvalue weighted by atomic mass is 14.9. The van der Waals surface area contributed by atoms with E-state index in [-0.39, 0.29) is 0 Å². The monoisotopic (exact) mass is 340 g/mol. The minimum absolute atomic E-state index is 0.979. The number of nitrogens with zero attached hydrogens (tertiary/aromatic N) is 1. The van der Waals surface area contributed by atoms with Crippen LogP contribution >= 0.6 is 0 Å². The lowest BCUT2D eigenvalue weighted by molar-refractivity contribution is 0.534. The predicted octanol–water partition coefficient (Wildman–Crippen LogP) is 4.88. The summed E-state index contributed by atoms with van der Waals surface area (Å²) in [6, 6.07) is 0. The van der Waals surface area contributed by atoms with Gasteiger partial charge in [0.2, 0.25) is 0 Å². The van der Waals surface area contributed by atoms with E-state index in [1.54, 1.807) is 0 Å². The second-order valence-electron chi connectivity index (χ2n) is 7.06. The fourth-order valence-electron chi connectivity index (χ4n) is 2.90. The number of hydrogen-bond acceptors (Lipinski definition) is 2. The van der Waals surface area contributed by atoms with Crippen LogP contribution in [0.5, 0.6) is 0 Å². The van der Waals surface area contributed by atoms with E-state index < -0.39 is 0 Å². The van der Waals surface area contributed by atoms with E-state index in [9.17, 15) is 0 Å². The van der Waals surface area contributed by atoms with Crippen LogP contribution in [0, 0.1) is 0 Å². The summed E-state index contributed by atoms with van der Waals surface area (Å²) >= 11 is 0. The molecule has 0 heterocycles. The van der Waals surface area contributed by atoms with Crippen molar-refractivity contribution < 1.29 is 0 Å². The zero-order chi connectivity index (χ0) is 17.6. The van der Waals surface area contributed by atoms with E-state index in [4.69, 9.17) is 0 Å². The van der Waals surface area contributed by atoms with Gasteiger partial charge in [0.15, 0.2) is 0 Å². The summed E-state index contributed by atoms with van der Waals surface area (Å²) in [5.41, 5.74) is 0. The summed E-state index contributed by atoms with van der Waals surface area (Å²) in [6.45, 7) is 11.1. The molecule has 0 saturated heterocycles. The van der Waals surface area contributed by atoms with Crippen LogP contribution in [0.2, 0.25) is 0 Å². The van der Waals surface area contributed by atoms with E-state index in [0.29, 0.717) is 0 Å². The van der Waals surface area contributed by atoms with Gasteiger partial charge in [0.25, 0.3) is 0 Å². The Morgan fingerprint density at radius 2 is 0.917 bits per heavy atom. The largest absolute Gasteiger partial charge is 0.317 e. The molecule has 3 heteroatoms. The minimum Gasteiger partial charge on any atom is -0.317 e. The molecule has 2 N–H and O–H groups in total. The first-order valence-corrected chi connectivity index (χ1v) is 11.0. The first-order chi connectivity index (χ1) is 11.9. The Labute approximate surface area is 153 Å². The summed E-state index contributed by atoms with van der Waals surface area (Å²) in [6.07, 6.45) is 17.8. The number of rotatable bonds is 21.